The van der Waals surface area contributed by atoms with Gasteiger partial charge in [-0.3, -0.25) is 0 Å². The zero-order valence-corrected chi connectivity index (χ0v) is 14.2. The maximum atomic E-state index is 10.7. The molecule has 3 N–H and O–H groups in total. The zero-order chi connectivity index (χ0) is 15.1. The van der Waals surface area contributed by atoms with Crippen molar-refractivity contribution in [2.24, 2.45) is 5.92 Å². The molecule has 2 unspecified atom stereocenters. The van der Waals surface area contributed by atoms with E-state index < -0.39 is 5.60 Å². The van der Waals surface area contributed by atoms with Crippen LogP contribution in [0.15, 0.2) is 0 Å². The molecule has 0 spiro atoms. The van der Waals surface area contributed by atoms with Gasteiger partial charge in [-0.05, 0) is 64.3 Å². The summed E-state index contributed by atoms with van der Waals surface area (Å²) in [6.45, 7) is 6.50. The Morgan fingerprint density at radius 2 is 1.95 bits per heavy atom. The van der Waals surface area contributed by atoms with Gasteiger partial charge in [0.2, 0.25) is 0 Å². The molecule has 124 valence electrons. The van der Waals surface area contributed by atoms with Gasteiger partial charge in [-0.2, -0.15) is 0 Å². The third kappa shape index (κ3) is 5.88. The van der Waals surface area contributed by atoms with Crippen LogP contribution in [0.3, 0.4) is 0 Å². The Balaban J connectivity index is 1.67. The SMILES string of the molecule is CCC1CCC(O)(CNC(C)CC2CCCCCN2)CC1. The summed E-state index contributed by atoms with van der Waals surface area (Å²) < 4.78 is 0. The lowest BCUT2D eigenvalue weighted by atomic mass is 9.77. The molecule has 2 atom stereocenters. The van der Waals surface area contributed by atoms with E-state index in [4.69, 9.17) is 0 Å². The maximum Gasteiger partial charge on any atom is 0.0771 e. The van der Waals surface area contributed by atoms with E-state index in [2.05, 4.69) is 24.5 Å². The number of aliphatic hydroxyl groups is 1. The number of rotatable bonds is 6. The summed E-state index contributed by atoms with van der Waals surface area (Å²) in [7, 11) is 0. The lowest BCUT2D eigenvalue weighted by Gasteiger charge is -2.37. The van der Waals surface area contributed by atoms with E-state index in [0.29, 0.717) is 12.1 Å². The van der Waals surface area contributed by atoms with Gasteiger partial charge < -0.3 is 15.7 Å². The van der Waals surface area contributed by atoms with Crippen LogP contribution in [0, 0.1) is 5.92 Å². The van der Waals surface area contributed by atoms with Crippen molar-refractivity contribution in [3.05, 3.63) is 0 Å². The van der Waals surface area contributed by atoms with Crippen LogP contribution in [0.2, 0.25) is 0 Å². The van der Waals surface area contributed by atoms with Crippen molar-refractivity contribution in [2.75, 3.05) is 13.1 Å². The number of hydrogen-bond acceptors (Lipinski definition) is 3. The van der Waals surface area contributed by atoms with Crippen LogP contribution in [0.5, 0.6) is 0 Å². The molecular weight excluding hydrogens is 260 g/mol. The van der Waals surface area contributed by atoms with Gasteiger partial charge >= 0.3 is 0 Å². The average molecular weight is 296 g/mol. The molecule has 21 heavy (non-hydrogen) atoms. The van der Waals surface area contributed by atoms with E-state index in [1.807, 2.05) is 0 Å². The Kier molecular flexibility index (Phi) is 6.97. The van der Waals surface area contributed by atoms with E-state index in [1.54, 1.807) is 0 Å². The smallest absolute Gasteiger partial charge is 0.0771 e. The van der Waals surface area contributed by atoms with E-state index in [9.17, 15) is 5.11 Å². The Labute approximate surface area is 131 Å². The minimum Gasteiger partial charge on any atom is -0.389 e. The lowest BCUT2D eigenvalue weighted by Crippen LogP contribution is -2.47. The molecule has 1 saturated carbocycles. The fourth-order valence-corrected chi connectivity index (χ4v) is 3.98. The summed E-state index contributed by atoms with van der Waals surface area (Å²) >= 11 is 0. The first-order chi connectivity index (χ1) is 10.1. The Hall–Kier alpha value is -0.120. The van der Waals surface area contributed by atoms with Crippen LogP contribution in [0.1, 0.15) is 78.1 Å². The largest absolute Gasteiger partial charge is 0.389 e. The first-order valence-electron chi connectivity index (χ1n) is 9.30. The number of hydrogen-bond donors (Lipinski definition) is 3. The molecule has 2 rings (SSSR count). The van der Waals surface area contributed by atoms with Gasteiger partial charge in [0.25, 0.3) is 0 Å². The highest BCUT2D eigenvalue weighted by atomic mass is 16.3. The lowest BCUT2D eigenvalue weighted by molar-refractivity contribution is -0.0106. The summed E-state index contributed by atoms with van der Waals surface area (Å²) in [5.74, 6) is 0.845. The Morgan fingerprint density at radius 1 is 1.19 bits per heavy atom. The average Bonchev–Trinajstić information content (AvgIpc) is 2.75. The zero-order valence-electron chi connectivity index (χ0n) is 14.2. The fraction of sp³-hybridized carbons (Fsp3) is 1.00. The highest BCUT2D eigenvalue weighted by Crippen LogP contribution is 2.33. The molecule has 3 heteroatoms. The van der Waals surface area contributed by atoms with Crippen molar-refractivity contribution in [1.82, 2.24) is 10.6 Å². The van der Waals surface area contributed by atoms with Crippen LogP contribution in [0.25, 0.3) is 0 Å². The molecule has 1 aliphatic heterocycles. The van der Waals surface area contributed by atoms with Crippen LogP contribution in [0.4, 0.5) is 0 Å². The molecule has 0 radical (unpaired) electrons. The van der Waals surface area contributed by atoms with E-state index >= 15 is 0 Å². The molecule has 0 bridgehead atoms. The quantitative estimate of drug-likeness (QED) is 0.705. The fourth-order valence-electron chi connectivity index (χ4n) is 3.98. The van der Waals surface area contributed by atoms with Crippen molar-refractivity contribution >= 4 is 0 Å². The summed E-state index contributed by atoms with van der Waals surface area (Å²) in [6.07, 6.45) is 12.2. The maximum absolute atomic E-state index is 10.7. The molecule has 0 aromatic carbocycles. The van der Waals surface area contributed by atoms with E-state index in [1.165, 1.54) is 57.9 Å². The van der Waals surface area contributed by atoms with Gasteiger partial charge in [0.05, 0.1) is 5.60 Å². The van der Waals surface area contributed by atoms with Gasteiger partial charge in [0, 0.05) is 18.6 Å². The molecule has 1 saturated heterocycles. The van der Waals surface area contributed by atoms with Crippen LogP contribution < -0.4 is 10.6 Å². The Bertz CT molecular complexity index is 279. The summed E-state index contributed by atoms with van der Waals surface area (Å²) in [6, 6.07) is 1.16. The molecule has 1 heterocycles. The first-order valence-corrected chi connectivity index (χ1v) is 9.30. The molecular formula is C18H36N2O. The van der Waals surface area contributed by atoms with Crippen LogP contribution >= 0.6 is 0 Å². The minimum absolute atomic E-state index is 0.448. The van der Waals surface area contributed by atoms with Gasteiger partial charge in [-0.25, -0.2) is 0 Å². The van der Waals surface area contributed by atoms with Crippen molar-refractivity contribution in [3.63, 3.8) is 0 Å². The van der Waals surface area contributed by atoms with Gasteiger partial charge in [0.15, 0.2) is 0 Å². The summed E-state index contributed by atoms with van der Waals surface area (Å²) in [5, 5.41) is 18.0. The van der Waals surface area contributed by atoms with Crippen molar-refractivity contribution in [2.45, 2.75) is 95.7 Å². The second kappa shape index (κ2) is 8.50. The monoisotopic (exact) mass is 296 g/mol. The highest BCUT2D eigenvalue weighted by molar-refractivity contribution is 4.88. The van der Waals surface area contributed by atoms with Gasteiger partial charge in [-0.1, -0.05) is 26.2 Å². The second-order valence-electron chi connectivity index (χ2n) is 7.59. The molecule has 0 amide bonds. The van der Waals surface area contributed by atoms with Gasteiger partial charge in [-0.15, -0.1) is 0 Å². The van der Waals surface area contributed by atoms with Gasteiger partial charge in [0.1, 0.15) is 0 Å². The second-order valence-corrected chi connectivity index (χ2v) is 7.59. The molecule has 2 fully saturated rings. The normalized spacial score (nSPS) is 36.1. The number of nitrogens with one attached hydrogen (secondary N) is 2. The third-order valence-corrected chi connectivity index (χ3v) is 5.69. The predicted molar refractivity (Wildman–Crippen MR) is 89.5 cm³/mol. The van der Waals surface area contributed by atoms with Crippen LogP contribution in [-0.4, -0.2) is 35.9 Å². The van der Waals surface area contributed by atoms with E-state index in [-0.39, 0.29) is 0 Å². The molecule has 1 aliphatic carbocycles. The van der Waals surface area contributed by atoms with Crippen LogP contribution in [-0.2, 0) is 0 Å². The van der Waals surface area contributed by atoms with Crippen molar-refractivity contribution in [1.29, 1.82) is 0 Å². The molecule has 3 nitrogen and oxygen atoms in total. The molecule has 0 aromatic rings. The topological polar surface area (TPSA) is 44.3 Å². The third-order valence-electron chi connectivity index (χ3n) is 5.69. The molecule has 0 aromatic heterocycles. The van der Waals surface area contributed by atoms with Crippen molar-refractivity contribution in [3.8, 4) is 0 Å². The Morgan fingerprint density at radius 3 is 2.67 bits per heavy atom. The summed E-state index contributed by atoms with van der Waals surface area (Å²) in [5.41, 5.74) is -0.448. The molecule has 2 aliphatic rings. The predicted octanol–water partition coefficient (Wildman–Crippen LogP) is 3.22. The standard InChI is InChI=1S/C18H36N2O/c1-3-16-8-10-18(21,11-9-16)14-20-15(2)13-17-7-5-4-6-12-19-17/h15-17,19-21H,3-14H2,1-2H3. The first kappa shape index (κ1) is 17.2. The van der Waals surface area contributed by atoms with E-state index in [0.717, 1.165) is 25.3 Å². The van der Waals surface area contributed by atoms with Crippen molar-refractivity contribution < 1.29 is 5.11 Å². The minimum atomic E-state index is -0.448. The summed E-state index contributed by atoms with van der Waals surface area (Å²) in [4.78, 5) is 0. The highest BCUT2D eigenvalue weighted by Gasteiger charge is 2.32.